The number of anilines is 1. The first kappa shape index (κ1) is 9.64. The molecule has 70 valence electrons. The average molecular weight is 180 g/mol. The van der Waals surface area contributed by atoms with Crippen molar-refractivity contribution >= 4 is 11.6 Å². The number of hydrogen-bond donors (Lipinski definition) is 1. The Hall–Kier alpha value is -1.45. The van der Waals surface area contributed by atoms with E-state index in [-0.39, 0.29) is 5.91 Å². The van der Waals surface area contributed by atoms with Gasteiger partial charge in [0.25, 0.3) is 6.33 Å². The summed E-state index contributed by atoms with van der Waals surface area (Å²) in [7, 11) is 0. The van der Waals surface area contributed by atoms with Crippen molar-refractivity contribution in [1.82, 2.24) is 4.98 Å². The molecule has 0 bridgehead atoms. The Kier molecular flexibility index (Phi) is 2.95. The van der Waals surface area contributed by atoms with Crippen molar-refractivity contribution in [3.8, 4) is 0 Å². The van der Waals surface area contributed by atoms with Gasteiger partial charge in [-0.15, -0.1) is 0 Å². The molecule has 1 heterocycles. The number of rotatable bonds is 2. The van der Waals surface area contributed by atoms with Crippen molar-refractivity contribution in [3.63, 3.8) is 0 Å². The second kappa shape index (κ2) is 3.98. The van der Waals surface area contributed by atoms with Gasteiger partial charge < -0.3 is 5.32 Å². The molecule has 0 radical (unpaired) electrons. The highest BCUT2D eigenvalue weighted by molar-refractivity contribution is 5.88. The van der Waals surface area contributed by atoms with E-state index in [2.05, 4.69) is 24.1 Å². The van der Waals surface area contributed by atoms with Crippen molar-refractivity contribution < 1.29 is 9.36 Å². The first-order valence-electron chi connectivity index (χ1n) is 4.23. The van der Waals surface area contributed by atoms with Gasteiger partial charge in [0.15, 0.2) is 6.20 Å². The number of hydrogen-bond acceptors (Lipinski definition) is 2. The Bertz CT molecular complexity index is 309. The third-order valence-corrected chi connectivity index (χ3v) is 1.62. The summed E-state index contributed by atoms with van der Waals surface area (Å²) in [5, 5.41) is 2.68. The minimum Gasteiger partial charge on any atom is -0.320 e. The van der Waals surface area contributed by atoms with Crippen LogP contribution in [0.25, 0.3) is 0 Å². The SMILES string of the molecule is CC(=O)Nc1cnc[n+](C(C)C)c1. The van der Waals surface area contributed by atoms with E-state index in [1.165, 1.54) is 6.92 Å². The molecule has 0 aromatic carbocycles. The van der Waals surface area contributed by atoms with Crippen LogP contribution in [0.2, 0.25) is 0 Å². The van der Waals surface area contributed by atoms with Gasteiger partial charge in [-0.3, -0.25) is 4.79 Å². The van der Waals surface area contributed by atoms with Crippen molar-refractivity contribution in [2.24, 2.45) is 0 Å². The third-order valence-electron chi connectivity index (χ3n) is 1.62. The minimum absolute atomic E-state index is 0.0803. The third kappa shape index (κ3) is 2.82. The summed E-state index contributed by atoms with van der Waals surface area (Å²) >= 11 is 0. The van der Waals surface area contributed by atoms with Crippen LogP contribution in [-0.2, 0) is 4.79 Å². The molecule has 13 heavy (non-hydrogen) atoms. The van der Waals surface area contributed by atoms with Crippen LogP contribution in [0.15, 0.2) is 18.7 Å². The van der Waals surface area contributed by atoms with E-state index < -0.39 is 0 Å². The fraction of sp³-hybridized carbons (Fsp3) is 0.444. The molecular weight excluding hydrogens is 166 g/mol. The molecule has 4 heteroatoms. The Balaban J connectivity index is 2.85. The van der Waals surface area contributed by atoms with Crippen molar-refractivity contribution in [1.29, 1.82) is 0 Å². The quantitative estimate of drug-likeness (QED) is 0.687. The van der Waals surface area contributed by atoms with Crippen LogP contribution in [0, 0.1) is 0 Å². The molecule has 1 aromatic rings. The molecule has 0 aliphatic carbocycles. The smallest absolute Gasteiger partial charge is 0.286 e. The zero-order valence-corrected chi connectivity index (χ0v) is 8.11. The lowest BCUT2D eigenvalue weighted by Gasteiger charge is -2.03. The molecule has 0 aliphatic heterocycles. The predicted octanol–water partition coefficient (Wildman–Crippen LogP) is 0.908. The normalized spacial score (nSPS) is 10.2. The van der Waals surface area contributed by atoms with E-state index in [1.807, 2.05) is 10.8 Å². The van der Waals surface area contributed by atoms with Gasteiger partial charge in [-0.05, 0) is 13.8 Å². The van der Waals surface area contributed by atoms with Crippen LogP contribution >= 0.6 is 0 Å². The predicted molar refractivity (Wildman–Crippen MR) is 49.1 cm³/mol. The minimum atomic E-state index is -0.0803. The fourth-order valence-corrected chi connectivity index (χ4v) is 0.968. The molecule has 0 saturated carbocycles. The molecule has 1 amide bonds. The van der Waals surface area contributed by atoms with Gasteiger partial charge in [0.1, 0.15) is 11.9 Å². The molecule has 0 unspecified atom stereocenters. The molecule has 0 atom stereocenters. The maximum absolute atomic E-state index is 10.7. The first-order valence-corrected chi connectivity index (χ1v) is 4.23. The fourth-order valence-electron chi connectivity index (χ4n) is 0.968. The van der Waals surface area contributed by atoms with Gasteiger partial charge in [0, 0.05) is 6.92 Å². The number of nitrogens with one attached hydrogen (secondary N) is 1. The van der Waals surface area contributed by atoms with Crippen LogP contribution in [0.1, 0.15) is 26.8 Å². The number of nitrogens with zero attached hydrogens (tertiary/aromatic N) is 2. The van der Waals surface area contributed by atoms with Crippen LogP contribution in [0.5, 0.6) is 0 Å². The summed E-state index contributed by atoms with van der Waals surface area (Å²) in [6, 6.07) is 0.348. The monoisotopic (exact) mass is 180 g/mol. The molecular formula is C9H14N3O+. The summed E-state index contributed by atoms with van der Waals surface area (Å²) < 4.78 is 1.94. The van der Waals surface area contributed by atoms with Gasteiger partial charge in [0.2, 0.25) is 5.91 Å². The van der Waals surface area contributed by atoms with Gasteiger partial charge in [-0.1, -0.05) is 4.98 Å². The Morgan fingerprint density at radius 3 is 2.85 bits per heavy atom. The summed E-state index contributed by atoms with van der Waals surface area (Å²) in [6.45, 7) is 5.59. The van der Waals surface area contributed by atoms with Crippen molar-refractivity contribution in [2.75, 3.05) is 5.32 Å². The first-order chi connectivity index (χ1) is 6.09. The number of amides is 1. The second-order valence-electron chi connectivity index (χ2n) is 3.20. The molecule has 0 fully saturated rings. The van der Waals surface area contributed by atoms with Crippen LogP contribution in [-0.4, -0.2) is 10.9 Å². The van der Waals surface area contributed by atoms with Gasteiger partial charge in [-0.25, -0.2) is 4.57 Å². The maximum atomic E-state index is 10.7. The van der Waals surface area contributed by atoms with Crippen molar-refractivity contribution in [2.45, 2.75) is 26.8 Å². The summed E-state index contributed by atoms with van der Waals surface area (Å²) in [6.07, 6.45) is 5.22. The van der Waals surface area contributed by atoms with Crippen molar-refractivity contribution in [3.05, 3.63) is 18.7 Å². The van der Waals surface area contributed by atoms with E-state index in [0.717, 1.165) is 5.69 Å². The summed E-state index contributed by atoms with van der Waals surface area (Å²) in [5.41, 5.74) is 0.726. The Labute approximate surface area is 77.6 Å². The topological polar surface area (TPSA) is 45.9 Å². The zero-order chi connectivity index (χ0) is 9.84. The highest BCUT2D eigenvalue weighted by Crippen LogP contribution is 2.00. The maximum Gasteiger partial charge on any atom is 0.286 e. The van der Waals surface area contributed by atoms with Crippen LogP contribution < -0.4 is 9.88 Å². The average Bonchev–Trinajstić information content (AvgIpc) is 2.03. The lowest BCUT2D eigenvalue weighted by atomic mass is 10.4. The number of carbonyl (C=O) groups excluding carboxylic acids is 1. The summed E-state index contributed by atoms with van der Waals surface area (Å²) in [4.78, 5) is 14.8. The van der Waals surface area contributed by atoms with E-state index in [4.69, 9.17) is 0 Å². The standard InChI is InChI=1S/C9H13N3O/c1-7(2)12-5-9(4-10-6-12)11-8(3)13/h4-7H,1-3H3/p+1. The molecule has 0 saturated heterocycles. The number of carbonyl (C=O) groups is 1. The van der Waals surface area contributed by atoms with E-state index in [0.29, 0.717) is 6.04 Å². The Morgan fingerprint density at radius 2 is 2.31 bits per heavy atom. The molecule has 1 rings (SSSR count). The molecule has 1 N–H and O–H groups in total. The highest BCUT2D eigenvalue weighted by Gasteiger charge is 2.05. The largest absolute Gasteiger partial charge is 0.320 e. The second-order valence-corrected chi connectivity index (χ2v) is 3.20. The zero-order valence-electron chi connectivity index (χ0n) is 8.11. The summed E-state index contributed by atoms with van der Waals surface area (Å²) in [5.74, 6) is -0.0803. The van der Waals surface area contributed by atoms with Gasteiger partial charge >= 0.3 is 0 Å². The number of aromatic nitrogens is 2. The molecule has 4 nitrogen and oxygen atoms in total. The lowest BCUT2D eigenvalue weighted by Crippen LogP contribution is -2.36. The van der Waals surface area contributed by atoms with Crippen LogP contribution in [0.4, 0.5) is 5.69 Å². The van der Waals surface area contributed by atoms with E-state index in [9.17, 15) is 4.79 Å². The van der Waals surface area contributed by atoms with Gasteiger partial charge in [0.05, 0.1) is 6.04 Å². The van der Waals surface area contributed by atoms with Gasteiger partial charge in [-0.2, -0.15) is 0 Å². The van der Waals surface area contributed by atoms with E-state index >= 15 is 0 Å². The molecule has 0 spiro atoms. The van der Waals surface area contributed by atoms with E-state index in [1.54, 1.807) is 12.5 Å². The molecule has 0 aliphatic rings. The Morgan fingerprint density at radius 1 is 1.62 bits per heavy atom. The molecule has 1 aromatic heterocycles. The van der Waals surface area contributed by atoms with Crippen LogP contribution in [0.3, 0.4) is 0 Å². The highest BCUT2D eigenvalue weighted by atomic mass is 16.1. The lowest BCUT2D eigenvalue weighted by molar-refractivity contribution is -0.718.